The quantitative estimate of drug-likeness (QED) is 0.167. The maximum Gasteiger partial charge on any atom is 0.137 e. The number of fused-ring (bicyclic) bond motifs is 12. The Labute approximate surface area is 374 Å². The minimum atomic E-state index is -0.623. The van der Waals surface area contributed by atoms with Crippen molar-refractivity contribution in [3.8, 4) is 16.8 Å². The smallest absolute Gasteiger partial charge is 0.137 e. The van der Waals surface area contributed by atoms with Gasteiger partial charge in [0.05, 0.1) is 16.4 Å². The summed E-state index contributed by atoms with van der Waals surface area (Å²) in [4.78, 5) is 2.38. The second kappa shape index (κ2) is 13.7. The molecule has 1 aliphatic carbocycles. The van der Waals surface area contributed by atoms with Crippen molar-refractivity contribution in [2.75, 3.05) is 4.90 Å². The van der Waals surface area contributed by atoms with E-state index in [2.05, 4.69) is 216 Å². The van der Waals surface area contributed by atoms with Crippen LogP contribution in [0.1, 0.15) is 22.3 Å². The van der Waals surface area contributed by atoms with Gasteiger partial charge in [0.25, 0.3) is 0 Å². The summed E-state index contributed by atoms with van der Waals surface area (Å²) in [6, 6.07) is 83.6. The van der Waals surface area contributed by atoms with Gasteiger partial charge >= 0.3 is 0 Å². The molecule has 3 heterocycles. The number of anilines is 3. The van der Waals surface area contributed by atoms with Crippen LogP contribution in [0.15, 0.2) is 239 Å². The molecule has 0 amide bonds. The molecule has 0 fully saturated rings. The lowest BCUT2D eigenvalue weighted by Crippen LogP contribution is -2.28. The first-order valence-electron chi connectivity index (χ1n) is 22.2. The van der Waals surface area contributed by atoms with Crippen molar-refractivity contribution in [1.29, 1.82) is 0 Å². The fraction of sp³-hybridized carbons (Fsp3) is 0.0164. The van der Waals surface area contributed by atoms with Crippen molar-refractivity contribution in [3.63, 3.8) is 0 Å². The second-order valence-corrected chi connectivity index (χ2v) is 17.2. The number of aromatic nitrogens is 1. The summed E-state index contributed by atoms with van der Waals surface area (Å²) in [6.45, 7) is 0. The fourth-order valence-electron chi connectivity index (χ4n) is 11.1. The molecule has 0 aliphatic heterocycles. The summed E-state index contributed by atoms with van der Waals surface area (Å²) in [7, 11) is 0. The minimum Gasteiger partial charge on any atom is -0.456 e. The number of benzene rings is 10. The molecule has 0 atom stereocenters. The maximum absolute atomic E-state index is 6.55. The molecule has 0 saturated carbocycles. The SMILES string of the molecule is c1ccc(C2(c3ccccc3)c3ccc(-n4c5ccccc5c5ccccc54)cc3-c3ccc(N(c4ccc5c(c4)oc4ccccc45)c4ccc5oc6ccccc6c5c4)cc32)cc1. The average Bonchev–Trinajstić information content (AvgIpc) is 4.11. The van der Waals surface area contributed by atoms with Gasteiger partial charge in [-0.1, -0.05) is 146 Å². The van der Waals surface area contributed by atoms with Gasteiger partial charge in [0.2, 0.25) is 0 Å². The predicted octanol–water partition coefficient (Wildman–Crippen LogP) is 16.4. The van der Waals surface area contributed by atoms with Crippen LogP contribution in [-0.4, -0.2) is 4.57 Å². The van der Waals surface area contributed by atoms with E-state index >= 15 is 0 Å². The van der Waals surface area contributed by atoms with Crippen LogP contribution in [0.3, 0.4) is 0 Å². The molecule has 304 valence electrons. The summed E-state index contributed by atoms with van der Waals surface area (Å²) < 4.78 is 15.3. The summed E-state index contributed by atoms with van der Waals surface area (Å²) >= 11 is 0. The van der Waals surface area contributed by atoms with Crippen LogP contribution in [0.4, 0.5) is 17.1 Å². The lowest BCUT2D eigenvalue weighted by Gasteiger charge is -2.35. The molecule has 65 heavy (non-hydrogen) atoms. The topological polar surface area (TPSA) is 34.5 Å². The van der Waals surface area contributed by atoms with E-state index < -0.39 is 5.41 Å². The Morgan fingerprint density at radius 3 is 1.52 bits per heavy atom. The van der Waals surface area contributed by atoms with Crippen molar-refractivity contribution in [1.82, 2.24) is 4.57 Å². The second-order valence-electron chi connectivity index (χ2n) is 17.2. The highest BCUT2D eigenvalue weighted by molar-refractivity contribution is 6.10. The Kier molecular flexibility index (Phi) is 7.57. The molecule has 0 radical (unpaired) electrons. The van der Waals surface area contributed by atoms with Gasteiger partial charge in [-0.05, 0) is 112 Å². The average molecular weight is 831 g/mol. The standard InChI is InChI=1S/C61H38N2O2/c1-3-15-39(16-4-1)61(40-17-5-2-6-18-40)53-33-29-42(63-55-23-11-7-19-46(55)47-20-8-12-24-56(47)63)35-51(53)45-31-27-43(37-54(45)61)62(41-30-34-59-52(36-41)49-22-10-14-26-58(49)64-59)44-28-32-50-48-21-9-13-25-57(48)65-60(50)38-44/h1-38H. The third kappa shape index (κ3) is 5.13. The van der Waals surface area contributed by atoms with Gasteiger partial charge in [-0.15, -0.1) is 0 Å². The van der Waals surface area contributed by atoms with Gasteiger partial charge in [-0.3, -0.25) is 0 Å². The molecule has 13 aromatic rings. The van der Waals surface area contributed by atoms with E-state index in [1.807, 2.05) is 24.3 Å². The van der Waals surface area contributed by atoms with E-state index in [1.54, 1.807) is 0 Å². The zero-order valence-electron chi connectivity index (χ0n) is 35.2. The highest BCUT2D eigenvalue weighted by Gasteiger charge is 2.46. The Morgan fingerprint density at radius 2 is 0.831 bits per heavy atom. The van der Waals surface area contributed by atoms with Crippen LogP contribution < -0.4 is 4.90 Å². The first kappa shape index (κ1) is 35.9. The van der Waals surface area contributed by atoms with Crippen LogP contribution in [-0.2, 0) is 5.41 Å². The summed E-state index contributed by atoms with van der Waals surface area (Å²) in [5.74, 6) is 0. The normalized spacial score (nSPS) is 13.0. The van der Waals surface area contributed by atoms with Gasteiger partial charge in [-0.2, -0.15) is 0 Å². The third-order valence-electron chi connectivity index (χ3n) is 13.9. The number of nitrogens with zero attached hydrogens (tertiary/aromatic N) is 2. The van der Waals surface area contributed by atoms with Crippen molar-refractivity contribution >= 4 is 82.7 Å². The zero-order valence-corrected chi connectivity index (χ0v) is 35.2. The molecular formula is C61H38N2O2. The molecular weight excluding hydrogens is 793 g/mol. The molecule has 0 saturated heterocycles. The van der Waals surface area contributed by atoms with E-state index in [0.29, 0.717) is 0 Å². The molecule has 10 aromatic carbocycles. The first-order chi connectivity index (χ1) is 32.2. The first-order valence-corrected chi connectivity index (χ1v) is 22.2. The monoisotopic (exact) mass is 830 g/mol. The fourth-order valence-corrected chi connectivity index (χ4v) is 11.1. The van der Waals surface area contributed by atoms with Crippen LogP contribution in [0.2, 0.25) is 0 Å². The lowest BCUT2D eigenvalue weighted by molar-refractivity contribution is 0.668. The Bertz CT molecular complexity index is 3930. The van der Waals surface area contributed by atoms with Crippen molar-refractivity contribution < 1.29 is 8.83 Å². The predicted molar refractivity (Wildman–Crippen MR) is 267 cm³/mol. The number of rotatable bonds is 6. The number of para-hydroxylation sites is 4. The van der Waals surface area contributed by atoms with Gasteiger partial charge in [-0.25, -0.2) is 0 Å². The van der Waals surface area contributed by atoms with E-state index in [-0.39, 0.29) is 0 Å². The Morgan fingerprint density at radius 1 is 0.323 bits per heavy atom. The molecule has 4 nitrogen and oxygen atoms in total. The van der Waals surface area contributed by atoms with Gasteiger partial charge < -0.3 is 18.3 Å². The van der Waals surface area contributed by atoms with E-state index in [1.165, 1.54) is 55.2 Å². The summed E-state index contributed by atoms with van der Waals surface area (Å²) in [6.07, 6.45) is 0. The summed E-state index contributed by atoms with van der Waals surface area (Å²) in [5, 5.41) is 6.86. The van der Waals surface area contributed by atoms with Gasteiger partial charge in [0.15, 0.2) is 0 Å². The number of hydrogen-bond donors (Lipinski definition) is 0. The number of hydrogen-bond acceptors (Lipinski definition) is 3. The van der Waals surface area contributed by atoms with Crippen molar-refractivity contribution in [2.24, 2.45) is 0 Å². The highest BCUT2D eigenvalue weighted by Crippen LogP contribution is 2.58. The van der Waals surface area contributed by atoms with Crippen molar-refractivity contribution in [2.45, 2.75) is 5.41 Å². The molecule has 0 N–H and O–H groups in total. The molecule has 0 spiro atoms. The molecule has 0 bridgehead atoms. The Hall–Kier alpha value is -8.60. The summed E-state index contributed by atoms with van der Waals surface area (Å²) in [5.41, 5.74) is 16.8. The molecule has 14 rings (SSSR count). The van der Waals surface area contributed by atoms with E-state index in [9.17, 15) is 0 Å². The van der Waals surface area contributed by atoms with Crippen LogP contribution >= 0.6 is 0 Å². The molecule has 3 aromatic heterocycles. The highest BCUT2D eigenvalue weighted by atomic mass is 16.3. The molecule has 0 unspecified atom stereocenters. The van der Waals surface area contributed by atoms with Gasteiger partial charge in [0, 0.05) is 61.1 Å². The third-order valence-corrected chi connectivity index (χ3v) is 13.9. The van der Waals surface area contributed by atoms with Gasteiger partial charge in [0.1, 0.15) is 22.3 Å². The zero-order chi connectivity index (χ0) is 42.6. The van der Waals surface area contributed by atoms with E-state index in [0.717, 1.165) is 66.6 Å². The van der Waals surface area contributed by atoms with Crippen LogP contribution in [0.25, 0.3) is 82.5 Å². The molecule has 1 aliphatic rings. The van der Waals surface area contributed by atoms with Crippen LogP contribution in [0, 0.1) is 0 Å². The molecule has 4 heteroatoms. The Balaban J connectivity index is 1.05. The van der Waals surface area contributed by atoms with Crippen LogP contribution in [0.5, 0.6) is 0 Å². The lowest BCUT2D eigenvalue weighted by atomic mass is 9.67. The largest absolute Gasteiger partial charge is 0.456 e. The van der Waals surface area contributed by atoms with E-state index in [4.69, 9.17) is 8.83 Å². The number of furan rings is 2. The minimum absolute atomic E-state index is 0.623. The maximum atomic E-state index is 6.55. The van der Waals surface area contributed by atoms with Crippen molar-refractivity contribution in [3.05, 3.63) is 253 Å².